The predicted molar refractivity (Wildman–Crippen MR) is 48.9 cm³/mol. The van der Waals surface area contributed by atoms with Gasteiger partial charge in [-0.1, -0.05) is 0 Å². The minimum Gasteiger partial charge on any atom is 0 e. The normalized spacial score (nSPS) is 6.00. The van der Waals surface area contributed by atoms with Crippen molar-refractivity contribution in [2.75, 3.05) is 0 Å². The van der Waals surface area contributed by atoms with E-state index in [1.807, 2.05) is 0 Å². The summed E-state index contributed by atoms with van der Waals surface area (Å²) in [5.41, 5.74) is 0. The zero-order valence-electron chi connectivity index (χ0n) is 3.84. The van der Waals surface area contributed by atoms with Crippen molar-refractivity contribution in [2.45, 2.75) is 0 Å². The van der Waals surface area contributed by atoms with Gasteiger partial charge in [0.2, 0.25) is 0 Å². The van der Waals surface area contributed by atoms with Crippen LogP contribution in [0, 0.1) is 36.9 Å². The maximum absolute atomic E-state index is 2.52. The third kappa shape index (κ3) is 22.5. The Bertz CT molecular complexity index is 19.7. The van der Waals surface area contributed by atoms with E-state index >= 15 is 0 Å². The second-order valence-electron chi connectivity index (χ2n) is 0.192. The fraction of sp³-hybridized carbons (Fsp3) is 0. The van der Waals surface area contributed by atoms with Crippen LogP contribution in [0.1, 0.15) is 1.43 Å². The Kier molecular flexibility index (Phi) is 40.3. The van der Waals surface area contributed by atoms with Crippen LogP contribution in [-0.4, -0.2) is 9.18 Å². The first-order chi connectivity index (χ1) is 1.73. The first kappa shape index (κ1) is 17.9. The molecule has 0 heterocycles. The molecule has 0 nitrogen and oxygen atoms in total. The summed E-state index contributed by atoms with van der Waals surface area (Å²) in [6, 6.07) is 0. The summed E-state index contributed by atoms with van der Waals surface area (Å²) in [6.07, 6.45) is 0. The monoisotopic (exact) mass is 805 g/mol. The predicted octanol–water partition coefficient (Wildman–Crippen LogP) is -0.607. The molecular formula is HBiI3KLu. The third-order valence-corrected chi connectivity index (χ3v) is 0. The van der Waals surface area contributed by atoms with Crippen molar-refractivity contribution in [3.05, 3.63) is 0 Å². The number of rotatable bonds is 0. The molecule has 0 spiro atoms. The molecule has 0 aliphatic carbocycles. The van der Waals surface area contributed by atoms with E-state index in [1.165, 1.54) is 0 Å². The summed E-state index contributed by atoms with van der Waals surface area (Å²) in [6.45, 7) is 0. The maximum Gasteiger partial charge on any atom is 1.00 e. The molecule has 0 aliphatic rings. The average molecular weight is 805 g/mol. The van der Waals surface area contributed by atoms with Crippen molar-refractivity contribution in [3.63, 3.8) is 0 Å². The van der Waals surface area contributed by atoms with Crippen LogP contribution in [0.25, 0.3) is 0 Å². The Morgan fingerprint density at radius 2 is 1.17 bits per heavy atom. The number of hydrogen-bond acceptors (Lipinski definition) is 0. The van der Waals surface area contributed by atoms with E-state index in [0.29, 0.717) is 0 Å². The summed E-state index contributed by atoms with van der Waals surface area (Å²) in [7, 11) is -0.683. The molecule has 0 amide bonds. The van der Waals surface area contributed by atoms with Crippen LogP contribution in [-0.2, 0) is 0 Å². The van der Waals surface area contributed by atoms with E-state index in [4.69, 9.17) is 0 Å². The summed E-state index contributed by atoms with van der Waals surface area (Å²) in [5.74, 6) is 0. The Morgan fingerprint density at radius 1 is 1.17 bits per heavy atom. The standard InChI is InChI=1S/Bi.3HI.K.Lu.H/h;3*1H;;;/q+3;;;;+1;;-1/p-3. The molecule has 0 aromatic heterocycles. The van der Waals surface area contributed by atoms with Crippen LogP contribution in [0.15, 0.2) is 0 Å². The van der Waals surface area contributed by atoms with Gasteiger partial charge in [-0.05, 0) is 0 Å². The summed E-state index contributed by atoms with van der Waals surface area (Å²) in [5, 5.41) is 0. The van der Waals surface area contributed by atoms with Gasteiger partial charge in [0, 0.05) is 36.9 Å². The molecule has 0 saturated heterocycles. The maximum atomic E-state index is 2.52. The summed E-state index contributed by atoms with van der Waals surface area (Å²) in [4.78, 5) is 0. The van der Waals surface area contributed by atoms with E-state index in [0.717, 1.165) is 0 Å². The SMILES string of the molecule is [H-].[I][Bi]([I])[I].[K+].[Lu]. The molecule has 0 rings (SSSR count). The van der Waals surface area contributed by atoms with Crippen LogP contribution < -0.4 is 51.4 Å². The van der Waals surface area contributed by atoms with E-state index in [1.54, 1.807) is 0 Å². The van der Waals surface area contributed by atoms with E-state index < -0.39 is 9.18 Å². The molecule has 0 fully saturated rings. The second kappa shape index (κ2) is 13.5. The van der Waals surface area contributed by atoms with Gasteiger partial charge in [-0.2, -0.15) is 0 Å². The topological polar surface area (TPSA) is 0 Å². The molecule has 0 aromatic rings. The smallest absolute Gasteiger partial charge is 0 e. The van der Waals surface area contributed by atoms with Gasteiger partial charge in [0.15, 0.2) is 0 Å². The van der Waals surface area contributed by atoms with Crippen LogP contribution in [0.3, 0.4) is 0 Å². The molecule has 0 N–H and O–H groups in total. The summed E-state index contributed by atoms with van der Waals surface area (Å²) < 4.78 is 0. The molecule has 1 radical (unpaired) electrons. The zero-order chi connectivity index (χ0) is 3.58. The van der Waals surface area contributed by atoms with Crippen molar-refractivity contribution in [3.8, 4) is 0 Å². The Morgan fingerprint density at radius 3 is 1.17 bits per heavy atom. The minimum absolute atomic E-state index is 0. The van der Waals surface area contributed by atoms with Gasteiger partial charge in [0.1, 0.15) is 0 Å². The molecule has 6 heteroatoms. The number of halogens is 3. The molecule has 0 unspecified atom stereocenters. The van der Waals surface area contributed by atoms with Gasteiger partial charge in [-0.15, -0.1) is 0 Å². The quantitative estimate of drug-likeness (QED) is 0.227. The van der Waals surface area contributed by atoms with Crippen molar-refractivity contribution in [1.82, 2.24) is 0 Å². The second-order valence-corrected chi connectivity index (χ2v) is 75.7. The van der Waals surface area contributed by atoms with Gasteiger partial charge in [0.05, 0.1) is 0 Å². The zero-order valence-corrected chi connectivity index (χ0v) is 17.6. The molecular weight excluding hydrogens is 804 g/mol. The van der Waals surface area contributed by atoms with Gasteiger partial charge in [-0.3, -0.25) is 0 Å². The van der Waals surface area contributed by atoms with Crippen molar-refractivity contribution in [1.29, 1.82) is 0 Å². The average Bonchev–Trinajstić information content (AvgIpc) is 0.811. The minimum atomic E-state index is -0.683. The van der Waals surface area contributed by atoms with Gasteiger partial charge < -0.3 is 1.43 Å². The Hall–Kier alpha value is 5.94. The number of hydrogen-bond donors (Lipinski definition) is 0. The van der Waals surface area contributed by atoms with E-state index in [9.17, 15) is 0 Å². The molecule has 0 atom stereocenters. The van der Waals surface area contributed by atoms with Crippen molar-refractivity contribution in [2.24, 2.45) is 0 Å². The van der Waals surface area contributed by atoms with Gasteiger partial charge in [0.25, 0.3) is 0 Å². The fourth-order valence-electron chi connectivity index (χ4n) is 0. The van der Waals surface area contributed by atoms with Crippen LogP contribution >= 0.6 is 54.1 Å². The van der Waals surface area contributed by atoms with Crippen LogP contribution in [0.4, 0.5) is 0 Å². The van der Waals surface area contributed by atoms with Gasteiger partial charge >= 0.3 is 115 Å². The molecule has 0 aromatic carbocycles. The molecule has 43 valence electrons. The largest absolute Gasteiger partial charge is 1.00 e. The van der Waals surface area contributed by atoms with Crippen molar-refractivity contribution >= 4 is 63.3 Å². The van der Waals surface area contributed by atoms with Crippen LogP contribution in [0.2, 0.25) is 0 Å². The summed E-state index contributed by atoms with van der Waals surface area (Å²) >= 11 is 7.56. The van der Waals surface area contributed by atoms with E-state index in [-0.39, 0.29) is 89.7 Å². The first-order valence-electron chi connectivity index (χ1n) is 0.507. The fourth-order valence-corrected chi connectivity index (χ4v) is 0. The molecule has 0 bridgehead atoms. The molecule has 0 saturated carbocycles. The first-order valence-corrected chi connectivity index (χ1v) is 29.8. The van der Waals surface area contributed by atoms with Gasteiger partial charge in [-0.25, -0.2) is 0 Å². The van der Waals surface area contributed by atoms with Crippen molar-refractivity contribution < 1.29 is 89.7 Å². The Labute approximate surface area is 147 Å². The Balaban J connectivity index is -0.0000000150. The molecule has 6 heavy (non-hydrogen) atoms. The van der Waals surface area contributed by atoms with Crippen LogP contribution in [0.5, 0.6) is 0 Å². The third-order valence-electron chi connectivity index (χ3n) is 0. The van der Waals surface area contributed by atoms with E-state index in [2.05, 4.69) is 54.1 Å². The molecule has 0 aliphatic heterocycles.